The lowest BCUT2D eigenvalue weighted by atomic mass is 10.0. The number of amides is 2. The molecule has 1 aromatic heterocycles. The first kappa shape index (κ1) is 19.5. The summed E-state index contributed by atoms with van der Waals surface area (Å²) >= 11 is 0. The van der Waals surface area contributed by atoms with E-state index in [1.807, 2.05) is 49.4 Å². The van der Waals surface area contributed by atoms with Crippen molar-refractivity contribution in [2.45, 2.75) is 38.3 Å². The Labute approximate surface area is 170 Å². The van der Waals surface area contributed by atoms with Crippen LogP contribution in [0.4, 0.5) is 0 Å². The number of nitrogens with one attached hydrogen (secondary N) is 1. The van der Waals surface area contributed by atoms with Gasteiger partial charge < -0.3 is 15.0 Å². The maximum absolute atomic E-state index is 13.0. The van der Waals surface area contributed by atoms with E-state index >= 15 is 0 Å². The van der Waals surface area contributed by atoms with Gasteiger partial charge in [0, 0.05) is 38.6 Å². The minimum Gasteiger partial charge on any atom is -0.371 e. The van der Waals surface area contributed by atoms with Gasteiger partial charge in [-0.1, -0.05) is 30.3 Å². The van der Waals surface area contributed by atoms with Gasteiger partial charge in [0.1, 0.15) is 12.1 Å². The molecule has 3 heterocycles. The van der Waals surface area contributed by atoms with Gasteiger partial charge >= 0.3 is 0 Å². The van der Waals surface area contributed by atoms with E-state index < -0.39 is 18.2 Å². The van der Waals surface area contributed by atoms with Crippen molar-refractivity contribution >= 4 is 11.8 Å². The van der Waals surface area contributed by atoms with Crippen LogP contribution in [0.25, 0.3) is 0 Å². The molecule has 1 N–H and O–H groups in total. The van der Waals surface area contributed by atoms with Gasteiger partial charge in [-0.2, -0.15) is 0 Å². The molecule has 29 heavy (non-hydrogen) atoms. The average molecular weight is 394 g/mol. The zero-order valence-electron chi connectivity index (χ0n) is 16.5. The summed E-state index contributed by atoms with van der Waals surface area (Å²) in [5.74, 6) is -0.164. The summed E-state index contributed by atoms with van der Waals surface area (Å²) in [6.07, 6.45) is 3.13. The molecule has 2 aliphatic rings. The van der Waals surface area contributed by atoms with E-state index in [2.05, 4.69) is 15.2 Å². The molecule has 0 spiro atoms. The number of ether oxygens (including phenoxy) is 1. The van der Waals surface area contributed by atoms with Crippen molar-refractivity contribution in [1.82, 2.24) is 20.1 Å². The standard InChI is InChI=1S/C22H26N4O3/c1-16(29-15-18-5-3-2-4-6-18)20-22(28)26-12-11-25(14-19(26)21(27)24-20)13-17-7-9-23-10-8-17/h2-10,16,19-20H,11-15H2,1H3,(H,24,27)/t16-,19-,20+/m1/s1. The van der Waals surface area contributed by atoms with E-state index in [0.717, 1.165) is 24.2 Å². The maximum atomic E-state index is 13.0. The first-order valence-electron chi connectivity index (χ1n) is 9.99. The topological polar surface area (TPSA) is 74.8 Å². The third-order valence-corrected chi connectivity index (χ3v) is 5.59. The summed E-state index contributed by atoms with van der Waals surface area (Å²) in [6, 6.07) is 12.7. The molecule has 7 heteroatoms. The summed E-state index contributed by atoms with van der Waals surface area (Å²) in [6.45, 7) is 4.81. The Morgan fingerprint density at radius 1 is 1.10 bits per heavy atom. The molecular formula is C22H26N4O3. The lowest BCUT2D eigenvalue weighted by molar-refractivity contribution is -0.157. The van der Waals surface area contributed by atoms with Gasteiger partial charge in [0.05, 0.1) is 12.7 Å². The van der Waals surface area contributed by atoms with E-state index in [-0.39, 0.29) is 11.8 Å². The van der Waals surface area contributed by atoms with Crippen LogP contribution in [-0.2, 0) is 27.5 Å². The Morgan fingerprint density at radius 2 is 1.86 bits per heavy atom. The molecule has 2 fully saturated rings. The van der Waals surface area contributed by atoms with Gasteiger partial charge in [-0.3, -0.25) is 19.5 Å². The molecule has 0 radical (unpaired) electrons. The van der Waals surface area contributed by atoms with E-state index in [0.29, 0.717) is 19.7 Å². The molecule has 0 aliphatic carbocycles. The largest absolute Gasteiger partial charge is 0.371 e. The zero-order valence-corrected chi connectivity index (χ0v) is 16.5. The van der Waals surface area contributed by atoms with Gasteiger partial charge in [-0.25, -0.2) is 0 Å². The molecule has 7 nitrogen and oxygen atoms in total. The fraction of sp³-hybridized carbons (Fsp3) is 0.409. The highest BCUT2D eigenvalue weighted by atomic mass is 16.5. The van der Waals surface area contributed by atoms with E-state index in [1.165, 1.54) is 0 Å². The number of carbonyl (C=O) groups is 2. The molecule has 2 aliphatic heterocycles. The van der Waals surface area contributed by atoms with Crippen molar-refractivity contribution in [2.75, 3.05) is 19.6 Å². The summed E-state index contributed by atoms with van der Waals surface area (Å²) < 4.78 is 5.89. The molecule has 4 rings (SSSR count). The Hall–Kier alpha value is -2.77. The summed E-state index contributed by atoms with van der Waals surface area (Å²) in [5, 5.41) is 2.89. The number of benzene rings is 1. The van der Waals surface area contributed by atoms with Crippen LogP contribution in [-0.4, -0.2) is 64.4 Å². The van der Waals surface area contributed by atoms with Crippen molar-refractivity contribution in [2.24, 2.45) is 0 Å². The van der Waals surface area contributed by atoms with Gasteiger partial charge in [-0.05, 0) is 30.2 Å². The van der Waals surface area contributed by atoms with Gasteiger partial charge in [0.15, 0.2) is 0 Å². The van der Waals surface area contributed by atoms with Gasteiger partial charge in [0.2, 0.25) is 11.8 Å². The predicted octanol–water partition coefficient (Wildman–Crippen LogP) is 1.20. The fourth-order valence-electron chi connectivity index (χ4n) is 3.92. The predicted molar refractivity (Wildman–Crippen MR) is 108 cm³/mol. The van der Waals surface area contributed by atoms with Crippen LogP contribution in [0.5, 0.6) is 0 Å². The third-order valence-electron chi connectivity index (χ3n) is 5.59. The van der Waals surface area contributed by atoms with Crippen LogP contribution < -0.4 is 5.32 Å². The SMILES string of the molecule is C[C@@H](OCc1ccccc1)[C@@H]1NC(=O)[C@H]2CN(Cc3ccncc3)CCN2C1=O. The lowest BCUT2D eigenvalue weighted by Gasteiger charge is -2.46. The molecule has 152 valence electrons. The highest BCUT2D eigenvalue weighted by Gasteiger charge is 2.45. The van der Waals surface area contributed by atoms with E-state index in [1.54, 1.807) is 17.3 Å². The zero-order chi connectivity index (χ0) is 20.2. The van der Waals surface area contributed by atoms with Crippen molar-refractivity contribution in [3.63, 3.8) is 0 Å². The number of piperazine rings is 2. The second kappa shape index (κ2) is 8.71. The molecule has 0 unspecified atom stereocenters. The number of aromatic nitrogens is 1. The molecule has 0 bridgehead atoms. The first-order chi connectivity index (χ1) is 14.1. The number of carbonyl (C=O) groups excluding carboxylic acids is 2. The molecular weight excluding hydrogens is 368 g/mol. The van der Waals surface area contributed by atoms with Crippen molar-refractivity contribution in [3.8, 4) is 0 Å². The molecule has 3 atom stereocenters. The van der Waals surface area contributed by atoms with Crippen LogP contribution in [0.2, 0.25) is 0 Å². The Kier molecular flexibility index (Phi) is 5.87. The minimum absolute atomic E-state index is 0.0567. The lowest BCUT2D eigenvalue weighted by Crippen LogP contribution is -2.71. The van der Waals surface area contributed by atoms with Crippen LogP contribution >= 0.6 is 0 Å². The highest BCUT2D eigenvalue weighted by Crippen LogP contribution is 2.20. The number of pyridine rings is 1. The monoisotopic (exact) mass is 394 g/mol. The van der Waals surface area contributed by atoms with Gasteiger partial charge in [0.25, 0.3) is 0 Å². The molecule has 2 aromatic rings. The number of hydrogen-bond donors (Lipinski definition) is 1. The summed E-state index contributed by atoms with van der Waals surface area (Å²) in [7, 11) is 0. The van der Waals surface area contributed by atoms with Crippen LogP contribution in [0.15, 0.2) is 54.9 Å². The maximum Gasteiger partial charge on any atom is 0.248 e. The second-order valence-electron chi connectivity index (χ2n) is 7.63. The van der Waals surface area contributed by atoms with Crippen molar-refractivity contribution in [3.05, 3.63) is 66.0 Å². The Morgan fingerprint density at radius 3 is 2.62 bits per heavy atom. The molecule has 1 aromatic carbocycles. The number of rotatable bonds is 6. The average Bonchev–Trinajstić information content (AvgIpc) is 2.76. The normalized spacial score (nSPS) is 23.4. The van der Waals surface area contributed by atoms with Gasteiger partial charge in [-0.15, -0.1) is 0 Å². The molecule has 2 amide bonds. The number of nitrogens with zero attached hydrogens (tertiary/aromatic N) is 3. The van der Waals surface area contributed by atoms with E-state index in [9.17, 15) is 9.59 Å². The first-order valence-corrected chi connectivity index (χ1v) is 9.99. The van der Waals surface area contributed by atoms with Crippen molar-refractivity contribution < 1.29 is 14.3 Å². The highest BCUT2D eigenvalue weighted by molar-refractivity contribution is 5.97. The number of hydrogen-bond acceptors (Lipinski definition) is 5. The van der Waals surface area contributed by atoms with Crippen LogP contribution in [0.1, 0.15) is 18.1 Å². The number of fused-ring (bicyclic) bond motifs is 1. The quantitative estimate of drug-likeness (QED) is 0.797. The van der Waals surface area contributed by atoms with Crippen LogP contribution in [0.3, 0.4) is 0 Å². The fourth-order valence-corrected chi connectivity index (χ4v) is 3.92. The van der Waals surface area contributed by atoms with Crippen LogP contribution in [0, 0.1) is 0 Å². The second-order valence-corrected chi connectivity index (χ2v) is 7.63. The molecule has 2 saturated heterocycles. The van der Waals surface area contributed by atoms with E-state index in [4.69, 9.17) is 4.74 Å². The Bertz CT molecular complexity index is 846. The minimum atomic E-state index is -0.644. The van der Waals surface area contributed by atoms with Crippen molar-refractivity contribution in [1.29, 1.82) is 0 Å². The third kappa shape index (κ3) is 4.46. The molecule has 0 saturated carbocycles. The summed E-state index contributed by atoms with van der Waals surface area (Å²) in [5.41, 5.74) is 2.19. The summed E-state index contributed by atoms with van der Waals surface area (Å²) in [4.78, 5) is 33.8. The Balaban J connectivity index is 1.36. The smallest absolute Gasteiger partial charge is 0.248 e.